The van der Waals surface area contributed by atoms with Crippen molar-refractivity contribution in [3.05, 3.63) is 10.0 Å². The Kier molecular flexibility index (Phi) is 3.86. The van der Waals surface area contributed by atoms with Crippen LogP contribution in [0.3, 0.4) is 0 Å². The summed E-state index contributed by atoms with van der Waals surface area (Å²) in [6.45, 7) is 1.42. The van der Waals surface area contributed by atoms with Gasteiger partial charge in [0.15, 0.2) is 5.13 Å². The molecule has 1 amide bonds. The number of rotatable bonds is 3. The molecule has 0 saturated carbocycles. The van der Waals surface area contributed by atoms with Gasteiger partial charge in [0, 0.05) is 19.0 Å². The Morgan fingerprint density at radius 2 is 2.24 bits per heavy atom. The first-order valence-corrected chi connectivity index (χ1v) is 6.61. The van der Waals surface area contributed by atoms with Gasteiger partial charge in [-0.05, 0) is 12.8 Å². The Hall–Kier alpha value is -0.850. The number of hydrogen-bond donors (Lipinski definition) is 2. The Morgan fingerprint density at radius 3 is 2.71 bits per heavy atom. The van der Waals surface area contributed by atoms with E-state index in [0.29, 0.717) is 10.0 Å². The van der Waals surface area contributed by atoms with Crippen molar-refractivity contribution in [2.24, 2.45) is 11.7 Å². The maximum Gasteiger partial charge on any atom is 0.220 e. The molecule has 1 aromatic heterocycles. The number of nitrogens with two attached hydrogens (primary N) is 1. The third-order valence-corrected chi connectivity index (χ3v) is 4.48. The van der Waals surface area contributed by atoms with E-state index in [1.54, 1.807) is 0 Å². The number of aliphatic hydroxyl groups excluding tert-OH is 1. The number of primary amides is 1. The summed E-state index contributed by atoms with van der Waals surface area (Å²) in [7, 11) is 0. The number of nitrogens with zero attached hydrogens (tertiary/aromatic N) is 2. The fourth-order valence-electron chi connectivity index (χ4n) is 1.91. The first-order valence-electron chi connectivity index (χ1n) is 5.42. The Balaban J connectivity index is 2.02. The molecule has 0 aliphatic carbocycles. The molecule has 0 radical (unpaired) electrons. The van der Waals surface area contributed by atoms with Gasteiger partial charge in [-0.1, -0.05) is 22.9 Å². The quantitative estimate of drug-likeness (QED) is 0.862. The van der Waals surface area contributed by atoms with Crippen LogP contribution in [-0.4, -0.2) is 29.1 Å². The molecule has 7 heteroatoms. The zero-order valence-corrected chi connectivity index (χ0v) is 10.8. The second kappa shape index (κ2) is 5.20. The summed E-state index contributed by atoms with van der Waals surface area (Å²) in [5, 5.41) is 10.2. The van der Waals surface area contributed by atoms with E-state index in [2.05, 4.69) is 9.88 Å². The van der Waals surface area contributed by atoms with Gasteiger partial charge in [0.1, 0.15) is 5.15 Å². The molecule has 5 nitrogen and oxygen atoms in total. The van der Waals surface area contributed by atoms with E-state index in [9.17, 15) is 4.79 Å². The number of aromatic nitrogens is 1. The largest absolute Gasteiger partial charge is 0.391 e. The third kappa shape index (κ3) is 2.70. The predicted molar refractivity (Wildman–Crippen MR) is 67.2 cm³/mol. The molecule has 0 atom stereocenters. The van der Waals surface area contributed by atoms with E-state index >= 15 is 0 Å². The van der Waals surface area contributed by atoms with Crippen molar-refractivity contribution in [3.8, 4) is 0 Å². The molecule has 1 aliphatic heterocycles. The highest BCUT2D eigenvalue weighted by molar-refractivity contribution is 7.16. The van der Waals surface area contributed by atoms with Crippen LogP contribution in [0.2, 0.25) is 5.15 Å². The Morgan fingerprint density at radius 1 is 1.59 bits per heavy atom. The van der Waals surface area contributed by atoms with Gasteiger partial charge in [-0.25, -0.2) is 4.98 Å². The average molecular weight is 276 g/mol. The van der Waals surface area contributed by atoms with Gasteiger partial charge in [-0.3, -0.25) is 4.79 Å². The first-order chi connectivity index (χ1) is 8.11. The van der Waals surface area contributed by atoms with Crippen LogP contribution >= 0.6 is 22.9 Å². The molecule has 0 bridgehead atoms. The molecule has 0 unspecified atom stereocenters. The van der Waals surface area contributed by atoms with E-state index in [4.69, 9.17) is 22.4 Å². The molecule has 0 spiro atoms. The van der Waals surface area contributed by atoms with Crippen LogP contribution in [0.15, 0.2) is 0 Å². The molecular formula is C10H14ClN3O2S. The van der Waals surface area contributed by atoms with Crippen LogP contribution in [0, 0.1) is 5.92 Å². The Bertz CT molecular complexity index is 416. The summed E-state index contributed by atoms with van der Waals surface area (Å²) >= 11 is 7.27. The second-order valence-electron chi connectivity index (χ2n) is 4.03. The average Bonchev–Trinajstić information content (AvgIpc) is 2.70. The van der Waals surface area contributed by atoms with E-state index in [-0.39, 0.29) is 18.4 Å². The zero-order valence-electron chi connectivity index (χ0n) is 9.23. The molecular weight excluding hydrogens is 262 g/mol. The van der Waals surface area contributed by atoms with Crippen LogP contribution in [0.5, 0.6) is 0 Å². The minimum atomic E-state index is -0.224. The molecule has 1 saturated heterocycles. The van der Waals surface area contributed by atoms with Crippen molar-refractivity contribution < 1.29 is 9.90 Å². The number of carbonyl (C=O) groups is 1. The van der Waals surface area contributed by atoms with Crippen LogP contribution in [0.25, 0.3) is 0 Å². The maximum absolute atomic E-state index is 11.0. The van der Waals surface area contributed by atoms with Crippen LogP contribution in [0.1, 0.15) is 17.7 Å². The first kappa shape index (κ1) is 12.6. The van der Waals surface area contributed by atoms with Gasteiger partial charge in [-0.15, -0.1) is 0 Å². The summed E-state index contributed by atoms with van der Waals surface area (Å²) in [5.41, 5.74) is 5.28. The lowest BCUT2D eigenvalue weighted by Crippen LogP contribution is -2.38. The molecule has 94 valence electrons. The van der Waals surface area contributed by atoms with Crippen molar-refractivity contribution >= 4 is 34.0 Å². The molecule has 2 rings (SSSR count). The van der Waals surface area contributed by atoms with Gasteiger partial charge >= 0.3 is 0 Å². The Labute approximate surface area is 108 Å². The summed E-state index contributed by atoms with van der Waals surface area (Å²) in [6, 6.07) is 0. The van der Waals surface area contributed by atoms with Crippen LogP contribution in [-0.2, 0) is 11.4 Å². The van der Waals surface area contributed by atoms with Crippen LogP contribution < -0.4 is 10.6 Å². The highest BCUT2D eigenvalue weighted by Crippen LogP contribution is 2.32. The molecule has 3 N–H and O–H groups in total. The number of thiazole rings is 1. The van der Waals surface area contributed by atoms with Gasteiger partial charge in [0.05, 0.1) is 11.5 Å². The molecule has 2 heterocycles. The number of anilines is 1. The summed E-state index contributed by atoms with van der Waals surface area (Å²) in [5.74, 6) is -0.253. The number of hydrogen-bond acceptors (Lipinski definition) is 5. The predicted octanol–water partition coefficient (Wildman–Crippen LogP) is 0.990. The number of piperidine rings is 1. The topological polar surface area (TPSA) is 79.5 Å². The molecule has 17 heavy (non-hydrogen) atoms. The lowest BCUT2D eigenvalue weighted by atomic mass is 9.97. The molecule has 1 fully saturated rings. The summed E-state index contributed by atoms with van der Waals surface area (Å²) < 4.78 is 0. The highest BCUT2D eigenvalue weighted by atomic mass is 35.5. The maximum atomic E-state index is 11.0. The van der Waals surface area contributed by atoms with Crippen molar-refractivity contribution in [2.75, 3.05) is 18.0 Å². The normalized spacial score (nSPS) is 17.4. The van der Waals surface area contributed by atoms with Gasteiger partial charge in [0.2, 0.25) is 5.91 Å². The smallest absolute Gasteiger partial charge is 0.220 e. The zero-order chi connectivity index (χ0) is 12.4. The van der Waals surface area contributed by atoms with Gasteiger partial charge < -0.3 is 15.7 Å². The summed E-state index contributed by atoms with van der Waals surface area (Å²) in [6.07, 6.45) is 1.50. The lowest BCUT2D eigenvalue weighted by molar-refractivity contribution is -0.122. The number of aliphatic hydroxyl groups is 1. The van der Waals surface area contributed by atoms with Crippen molar-refractivity contribution in [1.29, 1.82) is 0 Å². The van der Waals surface area contributed by atoms with E-state index in [1.807, 2.05) is 0 Å². The minimum absolute atomic E-state index is 0.0287. The summed E-state index contributed by atoms with van der Waals surface area (Å²) in [4.78, 5) is 18.0. The molecule has 1 aromatic rings. The van der Waals surface area contributed by atoms with Crippen molar-refractivity contribution in [1.82, 2.24) is 4.98 Å². The van der Waals surface area contributed by atoms with Crippen molar-refractivity contribution in [3.63, 3.8) is 0 Å². The van der Waals surface area contributed by atoms with Gasteiger partial charge in [-0.2, -0.15) is 0 Å². The highest BCUT2D eigenvalue weighted by Gasteiger charge is 2.25. The third-order valence-electron chi connectivity index (χ3n) is 2.95. The number of amides is 1. The van der Waals surface area contributed by atoms with E-state index in [0.717, 1.165) is 31.1 Å². The SMILES string of the molecule is NC(=O)C1CCN(c2nc(Cl)c(CO)s2)CC1. The lowest BCUT2D eigenvalue weighted by Gasteiger charge is -2.30. The second-order valence-corrected chi connectivity index (χ2v) is 5.45. The molecule has 0 aromatic carbocycles. The van der Waals surface area contributed by atoms with E-state index in [1.165, 1.54) is 11.3 Å². The fourth-order valence-corrected chi connectivity index (χ4v) is 3.08. The standard InChI is InChI=1S/C10H14ClN3O2S/c11-8-7(5-15)17-10(13-8)14-3-1-6(2-4-14)9(12)16/h6,15H,1-5H2,(H2,12,16). The minimum Gasteiger partial charge on any atom is -0.391 e. The van der Waals surface area contributed by atoms with Gasteiger partial charge in [0.25, 0.3) is 0 Å². The number of carbonyl (C=O) groups excluding carboxylic acids is 1. The molecule has 1 aliphatic rings. The monoisotopic (exact) mass is 275 g/mol. The van der Waals surface area contributed by atoms with Crippen molar-refractivity contribution in [2.45, 2.75) is 19.4 Å². The van der Waals surface area contributed by atoms with Crippen LogP contribution in [0.4, 0.5) is 5.13 Å². The fraction of sp³-hybridized carbons (Fsp3) is 0.600. The van der Waals surface area contributed by atoms with E-state index < -0.39 is 0 Å². The number of halogens is 1.